The summed E-state index contributed by atoms with van der Waals surface area (Å²) in [6.45, 7) is 1.26. The molecule has 2 amide bonds. The zero-order chi connectivity index (χ0) is 14.4. The fourth-order valence-corrected chi connectivity index (χ4v) is 1.48. The first-order valence-corrected chi connectivity index (χ1v) is 5.66. The molecular weight excluding hydrogens is 255 g/mol. The number of carbonyl (C=O) groups excluding carboxylic acids is 1. The van der Waals surface area contributed by atoms with E-state index < -0.39 is 30.5 Å². The Morgan fingerprint density at radius 1 is 1.37 bits per heavy atom. The minimum Gasteiger partial charge on any atom is -0.480 e. The molecule has 104 valence electrons. The van der Waals surface area contributed by atoms with Crippen LogP contribution in [0.4, 0.5) is 14.9 Å². The predicted octanol–water partition coefficient (Wildman–Crippen LogP) is 0.807. The second-order valence-corrected chi connectivity index (χ2v) is 3.74. The molecule has 19 heavy (non-hydrogen) atoms. The van der Waals surface area contributed by atoms with Gasteiger partial charge in [0, 0.05) is 12.2 Å². The number of anilines is 1. The third-order valence-corrected chi connectivity index (χ3v) is 2.48. The smallest absolute Gasteiger partial charge is 0.328 e. The molecule has 0 aromatic heterocycles. The minimum atomic E-state index is -1.37. The van der Waals surface area contributed by atoms with Crippen LogP contribution in [0.2, 0.25) is 0 Å². The van der Waals surface area contributed by atoms with E-state index in [4.69, 9.17) is 10.2 Å². The quantitative estimate of drug-likeness (QED) is 0.738. The number of halogens is 1. The number of hydrogen-bond acceptors (Lipinski definition) is 3. The Kier molecular flexibility index (Phi) is 5.25. The second kappa shape index (κ2) is 6.69. The summed E-state index contributed by atoms with van der Waals surface area (Å²) in [4.78, 5) is 23.8. The third kappa shape index (κ3) is 3.92. The van der Waals surface area contributed by atoms with Gasteiger partial charge in [-0.1, -0.05) is 0 Å². The minimum absolute atomic E-state index is 0.273. The molecule has 0 heterocycles. The van der Waals surface area contributed by atoms with E-state index in [-0.39, 0.29) is 6.54 Å². The van der Waals surface area contributed by atoms with Crippen molar-refractivity contribution in [2.24, 2.45) is 0 Å². The number of carbonyl (C=O) groups is 2. The van der Waals surface area contributed by atoms with Gasteiger partial charge >= 0.3 is 12.0 Å². The Balaban J connectivity index is 2.82. The normalized spacial score (nSPS) is 11.7. The molecule has 0 fully saturated rings. The van der Waals surface area contributed by atoms with E-state index >= 15 is 0 Å². The molecule has 0 radical (unpaired) electrons. The first-order chi connectivity index (χ1) is 8.99. The molecule has 0 bridgehead atoms. The maximum absolute atomic E-state index is 12.8. The fourth-order valence-electron chi connectivity index (χ4n) is 1.48. The van der Waals surface area contributed by atoms with Crippen LogP contribution in [0.15, 0.2) is 24.3 Å². The van der Waals surface area contributed by atoms with E-state index in [0.717, 1.165) is 0 Å². The molecule has 1 aromatic carbocycles. The molecule has 3 N–H and O–H groups in total. The molecule has 1 aromatic rings. The van der Waals surface area contributed by atoms with Crippen molar-refractivity contribution in [3.8, 4) is 0 Å². The number of amides is 2. The average molecular weight is 270 g/mol. The van der Waals surface area contributed by atoms with Crippen molar-refractivity contribution >= 4 is 17.7 Å². The predicted molar refractivity (Wildman–Crippen MR) is 66.5 cm³/mol. The number of hydrogen-bond donors (Lipinski definition) is 3. The van der Waals surface area contributed by atoms with Gasteiger partial charge in [-0.15, -0.1) is 0 Å². The summed E-state index contributed by atoms with van der Waals surface area (Å²) < 4.78 is 12.8. The van der Waals surface area contributed by atoms with Gasteiger partial charge in [0.15, 0.2) is 6.04 Å². The van der Waals surface area contributed by atoms with E-state index in [9.17, 15) is 14.0 Å². The number of aliphatic carboxylic acids is 1. The fraction of sp³-hybridized carbons (Fsp3) is 0.333. The topological polar surface area (TPSA) is 89.9 Å². The lowest BCUT2D eigenvalue weighted by atomic mass is 10.3. The van der Waals surface area contributed by atoms with E-state index in [1.54, 1.807) is 6.92 Å². The Morgan fingerprint density at radius 3 is 2.37 bits per heavy atom. The van der Waals surface area contributed by atoms with Crippen molar-refractivity contribution in [1.82, 2.24) is 5.32 Å². The lowest BCUT2D eigenvalue weighted by Gasteiger charge is -2.23. The highest BCUT2D eigenvalue weighted by Gasteiger charge is 2.22. The molecule has 0 saturated carbocycles. The molecule has 0 saturated heterocycles. The van der Waals surface area contributed by atoms with Gasteiger partial charge < -0.3 is 15.5 Å². The lowest BCUT2D eigenvalue weighted by molar-refractivity contribution is -0.140. The monoisotopic (exact) mass is 270 g/mol. The standard InChI is InChI=1S/C12H15FN2O4/c1-2-15(9-5-3-8(13)4-6-9)12(19)14-10(7-16)11(17)18/h3-6,10,16H,2,7H2,1H3,(H,14,19)(H,17,18)/t10-/m0/s1. The second-order valence-electron chi connectivity index (χ2n) is 3.74. The SMILES string of the molecule is CCN(C(=O)N[C@@H](CO)C(=O)O)c1ccc(F)cc1. The van der Waals surface area contributed by atoms with Gasteiger partial charge in [-0.2, -0.15) is 0 Å². The van der Waals surface area contributed by atoms with Crippen molar-refractivity contribution < 1.29 is 24.2 Å². The molecule has 1 rings (SSSR count). The molecular formula is C12H15FN2O4. The van der Waals surface area contributed by atoms with Crippen molar-refractivity contribution in [3.05, 3.63) is 30.1 Å². The highest BCUT2D eigenvalue weighted by molar-refractivity contribution is 5.94. The van der Waals surface area contributed by atoms with E-state index in [0.29, 0.717) is 5.69 Å². The number of aliphatic hydroxyl groups excluding tert-OH is 1. The van der Waals surface area contributed by atoms with Crippen LogP contribution in [0.25, 0.3) is 0 Å². The summed E-state index contributed by atoms with van der Waals surface area (Å²) in [7, 11) is 0. The lowest BCUT2D eigenvalue weighted by Crippen LogP contribution is -2.49. The molecule has 0 aliphatic carbocycles. The van der Waals surface area contributed by atoms with E-state index in [1.807, 2.05) is 0 Å². The van der Waals surface area contributed by atoms with Crippen LogP contribution in [-0.4, -0.2) is 41.4 Å². The molecule has 1 atom stereocenters. The van der Waals surface area contributed by atoms with Crippen molar-refractivity contribution in [2.75, 3.05) is 18.1 Å². The Bertz CT molecular complexity index is 450. The summed E-state index contributed by atoms with van der Waals surface area (Å²) in [6.07, 6.45) is 0. The first-order valence-electron chi connectivity index (χ1n) is 5.66. The first kappa shape index (κ1) is 14.9. The molecule has 0 unspecified atom stereocenters. The van der Waals surface area contributed by atoms with Crippen molar-refractivity contribution in [1.29, 1.82) is 0 Å². The summed E-state index contributed by atoms with van der Waals surface area (Å²) >= 11 is 0. The molecule has 0 aliphatic heterocycles. The van der Waals surface area contributed by atoms with Gasteiger partial charge in [-0.3, -0.25) is 4.90 Å². The van der Waals surface area contributed by atoms with Crippen molar-refractivity contribution in [3.63, 3.8) is 0 Å². The highest BCUT2D eigenvalue weighted by Crippen LogP contribution is 2.14. The summed E-state index contributed by atoms with van der Waals surface area (Å²) in [5.74, 6) is -1.76. The summed E-state index contributed by atoms with van der Waals surface area (Å²) in [6, 6.07) is 3.18. The zero-order valence-electron chi connectivity index (χ0n) is 10.3. The molecule has 6 nitrogen and oxygen atoms in total. The van der Waals surface area contributed by atoms with Gasteiger partial charge in [0.25, 0.3) is 0 Å². The van der Waals surface area contributed by atoms with E-state index in [2.05, 4.69) is 5.32 Å². The average Bonchev–Trinajstić information content (AvgIpc) is 2.38. The van der Waals surface area contributed by atoms with Crippen LogP contribution in [0.5, 0.6) is 0 Å². The number of carboxylic acid groups (broad SMARTS) is 1. The number of nitrogens with one attached hydrogen (secondary N) is 1. The van der Waals surface area contributed by atoms with Crippen LogP contribution in [-0.2, 0) is 4.79 Å². The van der Waals surface area contributed by atoms with Crippen LogP contribution in [0.1, 0.15) is 6.92 Å². The number of carboxylic acids is 1. The van der Waals surface area contributed by atoms with Gasteiger partial charge in [0.05, 0.1) is 6.61 Å². The van der Waals surface area contributed by atoms with Gasteiger partial charge in [0.2, 0.25) is 0 Å². The van der Waals surface area contributed by atoms with Crippen LogP contribution in [0.3, 0.4) is 0 Å². The third-order valence-electron chi connectivity index (χ3n) is 2.48. The zero-order valence-corrected chi connectivity index (χ0v) is 10.3. The summed E-state index contributed by atoms with van der Waals surface area (Å²) in [5.41, 5.74) is 0.434. The van der Waals surface area contributed by atoms with Gasteiger partial charge in [-0.05, 0) is 31.2 Å². The maximum Gasteiger partial charge on any atom is 0.328 e. The van der Waals surface area contributed by atoms with Crippen LogP contribution < -0.4 is 10.2 Å². The Hall–Kier alpha value is -2.15. The number of nitrogens with zero attached hydrogens (tertiary/aromatic N) is 1. The number of urea groups is 1. The number of benzene rings is 1. The largest absolute Gasteiger partial charge is 0.480 e. The highest BCUT2D eigenvalue weighted by atomic mass is 19.1. The molecule has 7 heteroatoms. The van der Waals surface area contributed by atoms with Gasteiger partial charge in [-0.25, -0.2) is 14.0 Å². The Morgan fingerprint density at radius 2 is 1.95 bits per heavy atom. The maximum atomic E-state index is 12.8. The van der Waals surface area contributed by atoms with Crippen LogP contribution in [0, 0.1) is 5.82 Å². The summed E-state index contributed by atoms with van der Waals surface area (Å²) in [5, 5.41) is 19.8. The number of aliphatic hydroxyl groups is 1. The number of rotatable bonds is 5. The van der Waals surface area contributed by atoms with Gasteiger partial charge in [0.1, 0.15) is 5.82 Å². The molecule has 0 spiro atoms. The van der Waals surface area contributed by atoms with E-state index in [1.165, 1.54) is 29.2 Å². The Labute approximate surface area is 109 Å². The van der Waals surface area contributed by atoms with Crippen molar-refractivity contribution in [2.45, 2.75) is 13.0 Å². The molecule has 0 aliphatic rings. The van der Waals surface area contributed by atoms with Crippen LogP contribution >= 0.6 is 0 Å².